The van der Waals surface area contributed by atoms with Gasteiger partial charge in [-0.3, -0.25) is 9.47 Å². The topological polar surface area (TPSA) is 60.1 Å². The Morgan fingerprint density at radius 1 is 1.44 bits per heavy atom. The fourth-order valence-electron chi connectivity index (χ4n) is 1.64. The van der Waals surface area contributed by atoms with Crippen LogP contribution in [0.5, 0.6) is 0 Å². The molecular weight excluding hydrogens is 226 g/mol. The van der Waals surface area contributed by atoms with Gasteiger partial charge in [-0.2, -0.15) is 0 Å². The summed E-state index contributed by atoms with van der Waals surface area (Å²) in [5.74, 6) is -0.370. The van der Waals surface area contributed by atoms with Gasteiger partial charge in [0.1, 0.15) is 6.54 Å². The summed E-state index contributed by atoms with van der Waals surface area (Å²) in [6.07, 6.45) is 1.95. The minimum atomic E-state index is -0.370. The summed E-state index contributed by atoms with van der Waals surface area (Å²) in [6, 6.07) is 8.00. The lowest BCUT2D eigenvalue weighted by atomic mass is 10.2. The second-order valence-corrected chi connectivity index (χ2v) is 3.50. The van der Waals surface area contributed by atoms with Crippen LogP contribution in [-0.2, 0) is 4.79 Å². The minimum absolute atomic E-state index is 0. The Labute approximate surface area is 99.8 Å². The standard InChI is InChI=1S/C11H13N3O.ClH/c1-8-7-14(13-6-11(12)15)10-5-3-2-4-9(8)10;/h2-5,7,13H,6H2,1H3,(H2,12,15);1H. The third kappa shape index (κ3) is 2.28. The number of nitrogens with zero attached hydrogens (tertiary/aromatic N) is 1. The second kappa shape index (κ2) is 4.90. The van der Waals surface area contributed by atoms with E-state index in [0.717, 1.165) is 5.52 Å². The van der Waals surface area contributed by atoms with E-state index in [0.29, 0.717) is 0 Å². The number of hydrogen-bond acceptors (Lipinski definition) is 2. The molecule has 0 bridgehead atoms. The Kier molecular flexibility index (Phi) is 3.79. The molecule has 1 amide bonds. The summed E-state index contributed by atoms with van der Waals surface area (Å²) >= 11 is 0. The van der Waals surface area contributed by atoms with Crippen LogP contribution in [0.2, 0.25) is 0 Å². The van der Waals surface area contributed by atoms with Crippen molar-refractivity contribution in [2.45, 2.75) is 6.92 Å². The van der Waals surface area contributed by atoms with Crippen LogP contribution < -0.4 is 11.2 Å². The minimum Gasteiger partial charge on any atom is -0.368 e. The Bertz CT molecular complexity index is 507. The van der Waals surface area contributed by atoms with Crippen LogP contribution in [0.4, 0.5) is 0 Å². The van der Waals surface area contributed by atoms with Gasteiger partial charge in [-0.15, -0.1) is 12.4 Å². The molecule has 2 rings (SSSR count). The van der Waals surface area contributed by atoms with Gasteiger partial charge in [0.05, 0.1) is 5.52 Å². The molecule has 1 aromatic carbocycles. The third-order valence-electron chi connectivity index (χ3n) is 2.33. The van der Waals surface area contributed by atoms with Gasteiger partial charge in [0.15, 0.2) is 0 Å². The zero-order valence-corrected chi connectivity index (χ0v) is 9.75. The van der Waals surface area contributed by atoms with Crippen LogP contribution in [0.1, 0.15) is 5.56 Å². The summed E-state index contributed by atoms with van der Waals surface area (Å²) < 4.78 is 1.83. The number of nitrogens with two attached hydrogens (primary N) is 1. The molecule has 0 radical (unpaired) electrons. The fraction of sp³-hybridized carbons (Fsp3) is 0.182. The van der Waals surface area contributed by atoms with Gasteiger partial charge in [0.25, 0.3) is 0 Å². The van der Waals surface area contributed by atoms with Crippen LogP contribution in [0, 0.1) is 6.92 Å². The van der Waals surface area contributed by atoms with E-state index in [9.17, 15) is 4.79 Å². The van der Waals surface area contributed by atoms with E-state index in [-0.39, 0.29) is 24.9 Å². The number of carbonyl (C=O) groups is 1. The quantitative estimate of drug-likeness (QED) is 0.851. The van der Waals surface area contributed by atoms with Gasteiger partial charge in [0.2, 0.25) is 5.91 Å². The van der Waals surface area contributed by atoms with Gasteiger partial charge in [-0.05, 0) is 18.6 Å². The van der Waals surface area contributed by atoms with Gasteiger partial charge < -0.3 is 11.2 Å². The maximum absolute atomic E-state index is 10.7. The Balaban J connectivity index is 0.00000128. The van der Waals surface area contributed by atoms with Gasteiger partial charge in [0, 0.05) is 11.6 Å². The van der Waals surface area contributed by atoms with Crippen molar-refractivity contribution in [1.29, 1.82) is 0 Å². The number of amides is 1. The zero-order chi connectivity index (χ0) is 10.8. The molecule has 86 valence electrons. The van der Waals surface area contributed by atoms with E-state index >= 15 is 0 Å². The number of aromatic nitrogens is 1. The summed E-state index contributed by atoms with van der Waals surface area (Å²) in [7, 11) is 0. The van der Waals surface area contributed by atoms with Crippen LogP contribution in [-0.4, -0.2) is 17.1 Å². The van der Waals surface area contributed by atoms with Crippen molar-refractivity contribution in [1.82, 2.24) is 4.68 Å². The number of nitrogens with one attached hydrogen (secondary N) is 1. The largest absolute Gasteiger partial charge is 0.368 e. The molecule has 0 unspecified atom stereocenters. The molecule has 16 heavy (non-hydrogen) atoms. The average molecular weight is 240 g/mol. The molecule has 4 nitrogen and oxygen atoms in total. The van der Waals surface area contributed by atoms with E-state index in [1.54, 1.807) is 0 Å². The highest BCUT2D eigenvalue weighted by molar-refractivity contribution is 5.85. The first-order valence-corrected chi connectivity index (χ1v) is 4.77. The monoisotopic (exact) mass is 239 g/mol. The number of fused-ring (bicyclic) bond motifs is 1. The van der Waals surface area contributed by atoms with E-state index in [1.165, 1.54) is 10.9 Å². The fourth-order valence-corrected chi connectivity index (χ4v) is 1.64. The molecule has 5 heteroatoms. The average Bonchev–Trinajstić information content (AvgIpc) is 2.54. The van der Waals surface area contributed by atoms with Crippen LogP contribution in [0.25, 0.3) is 10.9 Å². The number of benzene rings is 1. The number of rotatable bonds is 3. The Morgan fingerprint density at radius 2 is 2.12 bits per heavy atom. The molecule has 1 heterocycles. The van der Waals surface area contributed by atoms with Gasteiger partial charge in [-0.25, -0.2) is 0 Å². The normalized spacial score (nSPS) is 9.81. The van der Waals surface area contributed by atoms with Gasteiger partial charge >= 0.3 is 0 Å². The smallest absolute Gasteiger partial charge is 0.238 e. The maximum atomic E-state index is 10.7. The number of hydrogen-bond donors (Lipinski definition) is 2. The highest BCUT2D eigenvalue weighted by Crippen LogP contribution is 2.18. The molecule has 0 fully saturated rings. The third-order valence-corrected chi connectivity index (χ3v) is 2.33. The van der Waals surface area contributed by atoms with E-state index < -0.39 is 0 Å². The lowest BCUT2D eigenvalue weighted by Gasteiger charge is -2.06. The number of carbonyl (C=O) groups excluding carboxylic acids is 1. The predicted molar refractivity (Wildman–Crippen MR) is 67.3 cm³/mol. The van der Waals surface area contributed by atoms with Crippen molar-refractivity contribution >= 4 is 29.2 Å². The molecule has 0 atom stereocenters. The van der Waals surface area contributed by atoms with Crippen molar-refractivity contribution in [3.63, 3.8) is 0 Å². The molecule has 0 aliphatic rings. The number of aryl methyl sites for hydroxylation is 1. The number of para-hydroxylation sites is 1. The van der Waals surface area contributed by atoms with Crippen molar-refractivity contribution in [2.75, 3.05) is 12.0 Å². The van der Waals surface area contributed by atoms with Crippen molar-refractivity contribution < 1.29 is 4.79 Å². The summed E-state index contributed by atoms with van der Waals surface area (Å²) in [5, 5.41) is 1.18. The van der Waals surface area contributed by atoms with E-state index in [4.69, 9.17) is 5.73 Å². The van der Waals surface area contributed by atoms with Crippen molar-refractivity contribution in [3.05, 3.63) is 36.0 Å². The number of halogens is 1. The SMILES string of the molecule is Cc1cn(NCC(N)=O)c2ccccc12.Cl. The lowest BCUT2D eigenvalue weighted by molar-refractivity contribution is -0.116. The van der Waals surface area contributed by atoms with Crippen molar-refractivity contribution in [2.24, 2.45) is 5.73 Å². The second-order valence-electron chi connectivity index (χ2n) is 3.50. The predicted octanol–water partition coefficient (Wildman–Crippen LogP) is 1.40. The summed E-state index contributed by atoms with van der Waals surface area (Å²) in [4.78, 5) is 10.7. The first kappa shape index (κ1) is 12.4. The van der Waals surface area contributed by atoms with Crippen LogP contribution >= 0.6 is 12.4 Å². The molecule has 0 spiro atoms. The lowest BCUT2D eigenvalue weighted by Crippen LogP contribution is -2.27. The molecule has 0 aliphatic carbocycles. The summed E-state index contributed by atoms with van der Waals surface area (Å²) in [6.45, 7) is 2.17. The molecule has 2 aromatic rings. The van der Waals surface area contributed by atoms with E-state index in [1.807, 2.05) is 42.1 Å². The van der Waals surface area contributed by atoms with Gasteiger partial charge in [-0.1, -0.05) is 18.2 Å². The Morgan fingerprint density at radius 3 is 2.81 bits per heavy atom. The highest BCUT2D eigenvalue weighted by Gasteiger charge is 2.04. The van der Waals surface area contributed by atoms with Crippen molar-refractivity contribution in [3.8, 4) is 0 Å². The Hall–Kier alpha value is -1.68. The highest BCUT2D eigenvalue weighted by atomic mass is 35.5. The van der Waals surface area contributed by atoms with Crippen LogP contribution in [0.3, 0.4) is 0 Å². The molecular formula is C11H14ClN3O. The maximum Gasteiger partial charge on any atom is 0.238 e. The molecule has 0 aliphatic heterocycles. The first-order chi connectivity index (χ1) is 7.18. The van der Waals surface area contributed by atoms with Crippen LogP contribution in [0.15, 0.2) is 30.5 Å². The van der Waals surface area contributed by atoms with E-state index in [2.05, 4.69) is 5.43 Å². The molecule has 1 aromatic heterocycles. The first-order valence-electron chi connectivity index (χ1n) is 4.77. The zero-order valence-electron chi connectivity index (χ0n) is 8.93. The molecule has 0 saturated heterocycles. The molecule has 3 N–H and O–H groups in total. The summed E-state index contributed by atoms with van der Waals surface area (Å²) in [5.41, 5.74) is 10.2. The number of primary amides is 1. The molecule has 0 saturated carbocycles.